The van der Waals surface area contributed by atoms with E-state index >= 15 is 0 Å². The van der Waals surface area contributed by atoms with Gasteiger partial charge in [0.25, 0.3) is 5.91 Å². The number of amides is 3. The molecule has 1 aromatic heterocycles. The number of pyridine rings is 1. The van der Waals surface area contributed by atoms with Gasteiger partial charge in [-0.1, -0.05) is 36.4 Å². The molecule has 3 amide bonds. The summed E-state index contributed by atoms with van der Waals surface area (Å²) in [5.74, 6) is 0.689. The van der Waals surface area contributed by atoms with Crippen LogP contribution in [0.4, 0.5) is 4.79 Å². The topological polar surface area (TPSA) is 124 Å². The predicted molar refractivity (Wildman–Crippen MR) is 136 cm³/mol. The van der Waals surface area contributed by atoms with E-state index in [1.807, 2.05) is 36.4 Å². The normalized spacial score (nSPS) is 18.6. The highest BCUT2D eigenvalue weighted by atomic mass is 16.6. The van der Waals surface area contributed by atoms with E-state index in [0.29, 0.717) is 50.3 Å². The van der Waals surface area contributed by atoms with Crippen LogP contribution >= 0.6 is 0 Å². The Morgan fingerprint density at radius 2 is 1.76 bits per heavy atom. The van der Waals surface area contributed by atoms with E-state index in [2.05, 4.69) is 10.3 Å². The summed E-state index contributed by atoms with van der Waals surface area (Å²) < 4.78 is 11.4. The lowest BCUT2D eigenvalue weighted by Gasteiger charge is -2.41. The van der Waals surface area contributed by atoms with Gasteiger partial charge in [0.05, 0.1) is 12.1 Å². The Balaban J connectivity index is 1.22. The number of rotatable bonds is 10. The molecule has 2 saturated carbocycles. The SMILES string of the molecule is NC(=O)CC1(NC(=O)c2ccc(C3CC3)c(OCC3CC3)n2)CCN(C(=O)OCc2ccccc2)CC1. The maximum Gasteiger partial charge on any atom is 0.410 e. The van der Waals surface area contributed by atoms with Crippen LogP contribution in [0, 0.1) is 5.92 Å². The Labute approximate surface area is 216 Å². The molecule has 3 aliphatic rings. The van der Waals surface area contributed by atoms with E-state index in [0.717, 1.165) is 24.0 Å². The van der Waals surface area contributed by atoms with Gasteiger partial charge in [-0.3, -0.25) is 9.59 Å². The third kappa shape index (κ3) is 6.58. The molecule has 9 nitrogen and oxygen atoms in total. The van der Waals surface area contributed by atoms with Gasteiger partial charge in [-0.15, -0.1) is 0 Å². The first-order valence-corrected chi connectivity index (χ1v) is 13.1. The molecule has 2 aromatic rings. The lowest BCUT2D eigenvalue weighted by atomic mass is 9.84. The van der Waals surface area contributed by atoms with Crippen LogP contribution in [0.2, 0.25) is 0 Å². The first-order chi connectivity index (χ1) is 17.9. The molecule has 0 radical (unpaired) electrons. The molecule has 9 heteroatoms. The molecule has 1 saturated heterocycles. The molecule has 3 N–H and O–H groups in total. The molecular weight excluding hydrogens is 472 g/mol. The Hall–Kier alpha value is -3.62. The molecule has 1 aliphatic heterocycles. The number of nitrogens with two attached hydrogens (primary N) is 1. The van der Waals surface area contributed by atoms with Crippen molar-refractivity contribution in [2.45, 2.75) is 63.0 Å². The maximum atomic E-state index is 13.3. The number of piperidine rings is 1. The number of ether oxygens (including phenoxy) is 2. The summed E-state index contributed by atoms with van der Waals surface area (Å²) in [5, 5.41) is 3.03. The zero-order chi connectivity index (χ0) is 25.8. The van der Waals surface area contributed by atoms with Gasteiger partial charge in [0.1, 0.15) is 12.3 Å². The minimum Gasteiger partial charge on any atom is -0.477 e. The fourth-order valence-corrected chi connectivity index (χ4v) is 4.79. The summed E-state index contributed by atoms with van der Waals surface area (Å²) >= 11 is 0. The molecule has 37 heavy (non-hydrogen) atoms. The molecule has 196 valence electrons. The smallest absolute Gasteiger partial charge is 0.410 e. The standard InChI is InChI=1S/C28H34N4O5/c29-24(33)16-28(12-14-32(15-13-28)27(35)37-18-19-4-2-1-3-5-19)31-25(34)23-11-10-22(21-8-9-21)26(30-23)36-17-20-6-7-20/h1-5,10-11,20-21H,6-9,12-18H2,(H2,29,33)(H,31,34). The minimum atomic E-state index is -0.856. The van der Waals surface area contributed by atoms with Gasteiger partial charge < -0.3 is 25.4 Å². The zero-order valence-corrected chi connectivity index (χ0v) is 21.0. The first kappa shape index (κ1) is 25.0. The predicted octanol–water partition coefficient (Wildman–Crippen LogP) is 3.52. The lowest BCUT2D eigenvalue weighted by molar-refractivity contribution is -0.119. The van der Waals surface area contributed by atoms with Gasteiger partial charge in [0.15, 0.2) is 0 Å². The summed E-state index contributed by atoms with van der Waals surface area (Å²) in [6.07, 6.45) is 4.89. The summed E-state index contributed by atoms with van der Waals surface area (Å²) in [6, 6.07) is 13.1. The van der Waals surface area contributed by atoms with Crippen LogP contribution in [-0.4, -0.2) is 53.0 Å². The van der Waals surface area contributed by atoms with Crippen LogP contribution in [0.1, 0.15) is 72.5 Å². The lowest BCUT2D eigenvalue weighted by Crippen LogP contribution is -2.57. The van der Waals surface area contributed by atoms with Gasteiger partial charge in [-0.05, 0) is 62.0 Å². The monoisotopic (exact) mass is 506 g/mol. The number of carbonyl (C=O) groups is 3. The Bertz CT molecular complexity index is 1140. The van der Waals surface area contributed by atoms with E-state index in [9.17, 15) is 14.4 Å². The largest absolute Gasteiger partial charge is 0.477 e. The van der Waals surface area contributed by atoms with Crippen LogP contribution in [-0.2, 0) is 16.1 Å². The second-order valence-electron chi connectivity index (χ2n) is 10.5. The summed E-state index contributed by atoms with van der Waals surface area (Å²) in [5.41, 5.74) is 6.92. The molecule has 2 aliphatic carbocycles. The van der Waals surface area contributed by atoms with E-state index in [1.165, 1.54) is 12.8 Å². The average Bonchev–Trinajstić information content (AvgIpc) is 3.81. The molecule has 0 unspecified atom stereocenters. The van der Waals surface area contributed by atoms with Crippen molar-refractivity contribution in [2.24, 2.45) is 11.7 Å². The van der Waals surface area contributed by atoms with Crippen molar-refractivity contribution in [1.82, 2.24) is 15.2 Å². The summed E-state index contributed by atoms with van der Waals surface area (Å²) in [4.78, 5) is 44.0. The van der Waals surface area contributed by atoms with Gasteiger partial charge in [-0.25, -0.2) is 9.78 Å². The van der Waals surface area contributed by atoms with Crippen LogP contribution in [0.3, 0.4) is 0 Å². The van der Waals surface area contributed by atoms with Crippen molar-refractivity contribution in [3.8, 4) is 5.88 Å². The number of primary amides is 1. The van der Waals surface area contributed by atoms with E-state index in [-0.39, 0.29) is 24.6 Å². The van der Waals surface area contributed by atoms with Gasteiger partial charge in [-0.2, -0.15) is 0 Å². The quantitative estimate of drug-likeness (QED) is 0.508. The molecule has 1 aromatic carbocycles. The third-order valence-corrected chi connectivity index (χ3v) is 7.37. The number of carbonyl (C=O) groups excluding carboxylic acids is 3. The number of benzene rings is 1. The molecule has 3 fully saturated rings. The Morgan fingerprint density at radius 3 is 2.41 bits per heavy atom. The summed E-state index contributed by atoms with van der Waals surface area (Å²) in [6.45, 7) is 1.49. The molecular formula is C28H34N4O5. The summed E-state index contributed by atoms with van der Waals surface area (Å²) in [7, 11) is 0. The number of hydrogen-bond donors (Lipinski definition) is 2. The van der Waals surface area contributed by atoms with Crippen molar-refractivity contribution < 1.29 is 23.9 Å². The van der Waals surface area contributed by atoms with E-state index in [4.69, 9.17) is 15.2 Å². The highest BCUT2D eigenvalue weighted by molar-refractivity contribution is 5.93. The highest BCUT2D eigenvalue weighted by Crippen LogP contribution is 2.44. The minimum absolute atomic E-state index is 0.0170. The Kier molecular flexibility index (Phi) is 7.30. The fourth-order valence-electron chi connectivity index (χ4n) is 4.79. The van der Waals surface area contributed by atoms with Gasteiger partial charge in [0, 0.05) is 25.1 Å². The molecule has 0 atom stereocenters. The van der Waals surface area contributed by atoms with Crippen LogP contribution in [0.25, 0.3) is 0 Å². The maximum absolute atomic E-state index is 13.3. The van der Waals surface area contributed by atoms with Crippen molar-refractivity contribution in [3.05, 3.63) is 59.3 Å². The molecule has 0 spiro atoms. The molecule has 0 bridgehead atoms. The fraction of sp³-hybridized carbons (Fsp3) is 0.500. The third-order valence-electron chi connectivity index (χ3n) is 7.37. The van der Waals surface area contributed by atoms with Crippen molar-refractivity contribution in [1.29, 1.82) is 0 Å². The van der Waals surface area contributed by atoms with E-state index in [1.54, 1.807) is 11.0 Å². The highest BCUT2D eigenvalue weighted by Gasteiger charge is 2.40. The van der Waals surface area contributed by atoms with Crippen molar-refractivity contribution >= 4 is 17.9 Å². The number of nitrogens with zero attached hydrogens (tertiary/aromatic N) is 2. The molecule has 2 heterocycles. The molecule has 5 rings (SSSR count). The second-order valence-corrected chi connectivity index (χ2v) is 10.5. The van der Waals surface area contributed by atoms with Crippen molar-refractivity contribution in [3.63, 3.8) is 0 Å². The van der Waals surface area contributed by atoms with Crippen molar-refractivity contribution in [2.75, 3.05) is 19.7 Å². The first-order valence-electron chi connectivity index (χ1n) is 13.1. The van der Waals surface area contributed by atoms with Gasteiger partial charge >= 0.3 is 6.09 Å². The second kappa shape index (κ2) is 10.8. The van der Waals surface area contributed by atoms with Crippen LogP contribution in [0.5, 0.6) is 5.88 Å². The number of aromatic nitrogens is 1. The number of hydrogen-bond acceptors (Lipinski definition) is 6. The zero-order valence-electron chi connectivity index (χ0n) is 21.0. The van der Waals surface area contributed by atoms with Crippen LogP contribution in [0.15, 0.2) is 42.5 Å². The number of nitrogens with one attached hydrogen (secondary N) is 1. The number of likely N-dealkylation sites (tertiary alicyclic amines) is 1. The van der Waals surface area contributed by atoms with Crippen LogP contribution < -0.4 is 15.8 Å². The van der Waals surface area contributed by atoms with Gasteiger partial charge in [0.2, 0.25) is 11.8 Å². The average molecular weight is 507 g/mol. The van der Waals surface area contributed by atoms with E-state index < -0.39 is 17.5 Å². The Morgan fingerprint density at radius 1 is 1.03 bits per heavy atom.